The predicted molar refractivity (Wildman–Crippen MR) is 54.8 cm³/mol. The maximum Gasteiger partial charge on any atom is 0.416 e. The van der Waals surface area contributed by atoms with Crippen molar-refractivity contribution in [2.45, 2.75) is 12.6 Å². The van der Waals surface area contributed by atoms with Gasteiger partial charge in [-0.2, -0.15) is 13.2 Å². The van der Waals surface area contributed by atoms with Gasteiger partial charge in [0.2, 0.25) is 0 Å². The highest BCUT2D eigenvalue weighted by molar-refractivity contribution is 5.73. The summed E-state index contributed by atoms with van der Waals surface area (Å²) in [6, 6.07) is 3.33. The third kappa shape index (κ3) is 2.35. The van der Waals surface area contributed by atoms with Crippen LogP contribution < -0.4 is 5.32 Å². The molecule has 0 saturated heterocycles. The van der Waals surface area contributed by atoms with Crippen molar-refractivity contribution in [2.24, 2.45) is 5.92 Å². The Morgan fingerprint density at radius 1 is 1.41 bits per heavy atom. The summed E-state index contributed by atoms with van der Waals surface area (Å²) in [6.45, 7) is 0.156. The SMILES string of the molecule is O=C(O)[C@H]1CNc2cc(C(F)(F)F)ccc2C1. The second-order valence-corrected chi connectivity index (χ2v) is 3.99. The number of halogens is 3. The molecule has 1 heterocycles. The van der Waals surface area contributed by atoms with Gasteiger partial charge in [-0.1, -0.05) is 6.07 Å². The number of anilines is 1. The van der Waals surface area contributed by atoms with Gasteiger partial charge in [-0.25, -0.2) is 0 Å². The predicted octanol–water partition coefficient (Wildman–Crippen LogP) is 2.37. The van der Waals surface area contributed by atoms with Crippen molar-refractivity contribution in [1.82, 2.24) is 0 Å². The molecule has 3 nitrogen and oxygen atoms in total. The second-order valence-electron chi connectivity index (χ2n) is 3.99. The Kier molecular flexibility index (Phi) is 2.73. The number of alkyl halides is 3. The largest absolute Gasteiger partial charge is 0.481 e. The fourth-order valence-electron chi connectivity index (χ4n) is 1.84. The Morgan fingerprint density at radius 2 is 2.12 bits per heavy atom. The fraction of sp³-hybridized carbons (Fsp3) is 0.364. The summed E-state index contributed by atoms with van der Waals surface area (Å²) in [5.41, 5.74) is 0.256. The van der Waals surface area contributed by atoms with E-state index in [0.29, 0.717) is 11.3 Å². The first-order chi connectivity index (χ1) is 7.88. The van der Waals surface area contributed by atoms with Gasteiger partial charge in [0, 0.05) is 12.2 Å². The highest BCUT2D eigenvalue weighted by Gasteiger charge is 2.32. The number of carbonyl (C=O) groups is 1. The van der Waals surface area contributed by atoms with Gasteiger partial charge in [0.25, 0.3) is 0 Å². The molecule has 1 aliphatic rings. The molecule has 1 atom stereocenters. The normalized spacial score (nSPS) is 19.4. The van der Waals surface area contributed by atoms with Crippen molar-refractivity contribution in [1.29, 1.82) is 0 Å². The minimum atomic E-state index is -4.37. The van der Waals surface area contributed by atoms with Gasteiger partial charge in [-0.15, -0.1) is 0 Å². The third-order valence-electron chi connectivity index (χ3n) is 2.79. The van der Waals surface area contributed by atoms with Crippen LogP contribution in [0.3, 0.4) is 0 Å². The summed E-state index contributed by atoms with van der Waals surface area (Å²) in [6.07, 6.45) is -4.11. The quantitative estimate of drug-likeness (QED) is 0.798. The van der Waals surface area contributed by atoms with Crippen molar-refractivity contribution in [3.63, 3.8) is 0 Å². The molecule has 6 heteroatoms. The lowest BCUT2D eigenvalue weighted by molar-refractivity contribution is -0.141. The number of fused-ring (bicyclic) bond motifs is 1. The molecule has 17 heavy (non-hydrogen) atoms. The first kappa shape index (κ1) is 11.8. The number of benzene rings is 1. The first-order valence-electron chi connectivity index (χ1n) is 5.04. The average Bonchev–Trinajstić information content (AvgIpc) is 2.26. The maximum absolute atomic E-state index is 12.4. The van der Waals surface area contributed by atoms with Gasteiger partial charge in [0.15, 0.2) is 0 Å². The molecule has 0 saturated carbocycles. The number of nitrogens with one attached hydrogen (secondary N) is 1. The minimum Gasteiger partial charge on any atom is -0.481 e. The van der Waals surface area contributed by atoms with Crippen LogP contribution in [0.1, 0.15) is 11.1 Å². The van der Waals surface area contributed by atoms with Crippen LogP contribution in [0, 0.1) is 5.92 Å². The van der Waals surface area contributed by atoms with Gasteiger partial charge in [0.1, 0.15) is 0 Å². The van der Waals surface area contributed by atoms with Crippen molar-refractivity contribution < 1.29 is 23.1 Å². The Balaban J connectivity index is 2.29. The monoisotopic (exact) mass is 245 g/mol. The number of aliphatic carboxylic acids is 1. The van der Waals surface area contributed by atoms with Crippen LogP contribution in [-0.2, 0) is 17.4 Å². The molecule has 0 spiro atoms. The van der Waals surface area contributed by atoms with E-state index in [9.17, 15) is 18.0 Å². The highest BCUT2D eigenvalue weighted by Crippen LogP contribution is 2.34. The van der Waals surface area contributed by atoms with Gasteiger partial charge < -0.3 is 10.4 Å². The van der Waals surface area contributed by atoms with Crippen LogP contribution >= 0.6 is 0 Å². The van der Waals surface area contributed by atoms with Gasteiger partial charge in [-0.05, 0) is 24.1 Å². The fourth-order valence-corrected chi connectivity index (χ4v) is 1.84. The van der Waals surface area contributed by atoms with Crippen molar-refractivity contribution in [3.05, 3.63) is 29.3 Å². The highest BCUT2D eigenvalue weighted by atomic mass is 19.4. The zero-order chi connectivity index (χ0) is 12.6. The molecule has 92 valence electrons. The van der Waals surface area contributed by atoms with Gasteiger partial charge >= 0.3 is 12.1 Å². The molecule has 0 aromatic heterocycles. The number of rotatable bonds is 1. The van der Waals surface area contributed by atoms with E-state index < -0.39 is 23.6 Å². The first-order valence-corrected chi connectivity index (χ1v) is 5.04. The van der Waals surface area contributed by atoms with Crippen LogP contribution in [0.2, 0.25) is 0 Å². The summed E-state index contributed by atoms with van der Waals surface area (Å²) in [7, 11) is 0. The van der Waals surface area contributed by atoms with E-state index in [4.69, 9.17) is 5.11 Å². The molecule has 2 N–H and O–H groups in total. The van der Waals surface area contributed by atoms with Crippen molar-refractivity contribution in [3.8, 4) is 0 Å². The Hall–Kier alpha value is -1.72. The van der Waals surface area contributed by atoms with E-state index in [1.54, 1.807) is 0 Å². The van der Waals surface area contributed by atoms with E-state index in [0.717, 1.165) is 12.1 Å². The number of hydrogen-bond donors (Lipinski definition) is 2. The van der Waals surface area contributed by atoms with Crippen LogP contribution in [0.4, 0.5) is 18.9 Å². The molecule has 0 radical (unpaired) electrons. The molecule has 1 aromatic rings. The Morgan fingerprint density at radius 3 is 2.71 bits per heavy atom. The maximum atomic E-state index is 12.4. The smallest absolute Gasteiger partial charge is 0.416 e. The summed E-state index contributed by atoms with van der Waals surface area (Å²) < 4.78 is 37.3. The summed E-state index contributed by atoms with van der Waals surface area (Å²) in [5.74, 6) is -1.53. The third-order valence-corrected chi connectivity index (χ3v) is 2.79. The van der Waals surface area contributed by atoms with Crippen LogP contribution in [0.25, 0.3) is 0 Å². The zero-order valence-corrected chi connectivity index (χ0v) is 8.71. The second kappa shape index (κ2) is 3.94. The van der Waals surface area contributed by atoms with E-state index in [-0.39, 0.29) is 13.0 Å². The molecular weight excluding hydrogens is 235 g/mol. The number of carboxylic acid groups (broad SMARTS) is 1. The van der Waals surface area contributed by atoms with Crippen molar-refractivity contribution in [2.75, 3.05) is 11.9 Å². The molecule has 1 aromatic carbocycles. The standard InChI is InChI=1S/C11H10F3NO2/c12-11(13,14)8-2-1-6-3-7(10(16)17)5-15-9(6)4-8/h1-2,4,7,15H,3,5H2,(H,16,17)/t7-/m1/s1. The molecule has 0 amide bonds. The Bertz CT molecular complexity index is 457. The number of carboxylic acids is 1. The average molecular weight is 245 g/mol. The number of hydrogen-bond acceptors (Lipinski definition) is 2. The lowest BCUT2D eigenvalue weighted by Crippen LogP contribution is -2.29. The van der Waals surface area contributed by atoms with Crippen molar-refractivity contribution >= 4 is 11.7 Å². The van der Waals surface area contributed by atoms with Crippen LogP contribution in [-0.4, -0.2) is 17.6 Å². The van der Waals surface area contributed by atoms with E-state index in [2.05, 4.69) is 5.32 Å². The summed E-state index contributed by atoms with van der Waals surface area (Å²) >= 11 is 0. The molecule has 0 fully saturated rings. The van der Waals surface area contributed by atoms with Crippen LogP contribution in [0.5, 0.6) is 0 Å². The Labute approximate surface area is 95.3 Å². The summed E-state index contributed by atoms with van der Waals surface area (Å²) in [5, 5.41) is 11.6. The van der Waals surface area contributed by atoms with E-state index >= 15 is 0 Å². The minimum absolute atomic E-state index is 0.156. The lowest BCUT2D eigenvalue weighted by Gasteiger charge is -2.24. The van der Waals surface area contributed by atoms with E-state index in [1.165, 1.54) is 6.07 Å². The topological polar surface area (TPSA) is 49.3 Å². The summed E-state index contributed by atoms with van der Waals surface area (Å²) in [4.78, 5) is 10.8. The zero-order valence-electron chi connectivity index (χ0n) is 8.71. The van der Waals surface area contributed by atoms with Gasteiger partial charge in [0.05, 0.1) is 11.5 Å². The van der Waals surface area contributed by atoms with Gasteiger partial charge in [-0.3, -0.25) is 4.79 Å². The molecular formula is C11H10F3NO2. The molecule has 0 aliphatic carbocycles. The molecule has 2 rings (SSSR count). The molecule has 0 unspecified atom stereocenters. The molecule has 0 bridgehead atoms. The van der Waals surface area contributed by atoms with Crippen LogP contribution in [0.15, 0.2) is 18.2 Å². The van der Waals surface area contributed by atoms with E-state index in [1.807, 2.05) is 0 Å². The lowest BCUT2D eigenvalue weighted by atomic mass is 9.93. The molecule has 1 aliphatic heterocycles.